The first-order valence-corrected chi connectivity index (χ1v) is 11.7. The molecule has 2 aromatic heterocycles. The maximum absolute atomic E-state index is 12.9. The van der Waals surface area contributed by atoms with E-state index in [0.29, 0.717) is 16.0 Å². The number of hydrogen-bond donors (Lipinski definition) is 3. The lowest BCUT2D eigenvalue weighted by Gasteiger charge is -2.20. The highest BCUT2D eigenvalue weighted by Crippen LogP contribution is 2.35. The fourth-order valence-electron chi connectivity index (χ4n) is 3.41. The topological polar surface area (TPSA) is 136 Å². The molecule has 0 spiro atoms. The summed E-state index contributed by atoms with van der Waals surface area (Å²) in [5.41, 5.74) is 0.378. The molecule has 0 saturated heterocycles. The number of anilines is 1. The van der Waals surface area contributed by atoms with Gasteiger partial charge in [0.25, 0.3) is 15.6 Å². The van der Waals surface area contributed by atoms with Crippen LogP contribution in [0.3, 0.4) is 0 Å². The minimum Gasteiger partial charge on any atom is -0.505 e. The molecule has 0 aliphatic carbocycles. The summed E-state index contributed by atoms with van der Waals surface area (Å²) in [5, 5.41) is 15.1. The first-order chi connectivity index (χ1) is 15.3. The Kier molecular flexibility index (Phi) is 4.64. The number of aromatic hydroxyl groups is 1. The quantitative estimate of drug-likeness (QED) is 0.392. The molecule has 0 saturated carbocycles. The van der Waals surface area contributed by atoms with Crippen LogP contribution in [0.4, 0.5) is 5.69 Å². The Labute approximate surface area is 186 Å². The molecule has 0 amide bonds. The van der Waals surface area contributed by atoms with Crippen LogP contribution in [0.5, 0.6) is 11.5 Å². The van der Waals surface area contributed by atoms with Crippen LogP contribution in [0.1, 0.15) is 11.1 Å². The molecule has 0 radical (unpaired) electrons. The number of pyridine rings is 1. The number of sulfonamides is 1. The van der Waals surface area contributed by atoms with E-state index >= 15 is 0 Å². The Balaban J connectivity index is 1.53. The number of nitrogens with zero attached hydrogens (tertiary/aromatic N) is 2. The van der Waals surface area contributed by atoms with Gasteiger partial charge in [-0.3, -0.25) is 4.79 Å². The van der Waals surface area contributed by atoms with E-state index in [9.17, 15) is 18.3 Å². The Bertz CT molecular complexity index is 1560. The van der Waals surface area contributed by atoms with Gasteiger partial charge in [-0.25, -0.2) is 4.68 Å². The molecule has 32 heavy (non-hydrogen) atoms. The Morgan fingerprint density at radius 2 is 1.94 bits per heavy atom. The summed E-state index contributed by atoms with van der Waals surface area (Å²) in [7, 11) is -4.18. The standard InChI is InChI=1S/C21H16N4O5S2/c22-25-15-8-9-31-19(15)18(26)17(21(25)27)20-23-14-7-6-13(10-16(14)32(28,29)24-20)30-11-12-4-2-1-3-5-12/h1-10,26H,11,22H2,(H,23,24). The summed E-state index contributed by atoms with van der Waals surface area (Å²) in [6.07, 6.45) is 0. The van der Waals surface area contributed by atoms with Gasteiger partial charge in [-0.15, -0.1) is 15.7 Å². The van der Waals surface area contributed by atoms with Crippen molar-refractivity contribution in [1.82, 2.24) is 4.68 Å². The molecule has 162 valence electrons. The minimum atomic E-state index is -4.18. The second kappa shape index (κ2) is 7.39. The molecule has 2 aromatic carbocycles. The van der Waals surface area contributed by atoms with Gasteiger partial charge < -0.3 is 21.0 Å². The van der Waals surface area contributed by atoms with E-state index in [1.807, 2.05) is 30.3 Å². The third-order valence-electron chi connectivity index (χ3n) is 4.97. The highest BCUT2D eigenvalue weighted by molar-refractivity contribution is 7.90. The molecule has 0 fully saturated rings. The Morgan fingerprint density at radius 1 is 1.16 bits per heavy atom. The Hall–Kier alpha value is -3.83. The van der Waals surface area contributed by atoms with Gasteiger partial charge >= 0.3 is 0 Å². The number of amidine groups is 1. The Morgan fingerprint density at radius 3 is 2.72 bits per heavy atom. The number of benzene rings is 2. The SMILES string of the molecule is Nn1c(=O)c(C2=NS(=O)(=O)c3cc(OCc4ccccc4)ccc3N2)c(O)c2sccc21. The smallest absolute Gasteiger partial charge is 0.286 e. The number of nitrogen functional groups attached to an aromatic ring is 1. The fourth-order valence-corrected chi connectivity index (χ4v) is 5.38. The highest BCUT2D eigenvalue weighted by atomic mass is 32.2. The van der Waals surface area contributed by atoms with Crippen LogP contribution in [0.25, 0.3) is 10.2 Å². The number of rotatable bonds is 4. The molecule has 5 rings (SSSR count). The molecule has 0 atom stereocenters. The molecular weight excluding hydrogens is 452 g/mol. The number of nitrogens with one attached hydrogen (secondary N) is 1. The predicted octanol–water partition coefficient (Wildman–Crippen LogP) is 2.62. The van der Waals surface area contributed by atoms with Crippen LogP contribution in [0.2, 0.25) is 0 Å². The maximum atomic E-state index is 12.9. The zero-order valence-corrected chi connectivity index (χ0v) is 18.0. The van der Waals surface area contributed by atoms with Crippen molar-refractivity contribution in [3.05, 3.63) is 81.5 Å². The van der Waals surface area contributed by atoms with Crippen molar-refractivity contribution in [3.8, 4) is 11.5 Å². The van der Waals surface area contributed by atoms with E-state index < -0.39 is 15.6 Å². The first kappa shape index (κ1) is 20.1. The van der Waals surface area contributed by atoms with E-state index in [2.05, 4.69) is 9.71 Å². The summed E-state index contributed by atoms with van der Waals surface area (Å²) >= 11 is 1.17. The van der Waals surface area contributed by atoms with Crippen molar-refractivity contribution in [2.24, 2.45) is 4.40 Å². The first-order valence-electron chi connectivity index (χ1n) is 9.38. The molecule has 11 heteroatoms. The summed E-state index contributed by atoms with van der Waals surface area (Å²) in [4.78, 5) is 12.6. The van der Waals surface area contributed by atoms with Crippen LogP contribution in [0, 0.1) is 0 Å². The predicted molar refractivity (Wildman–Crippen MR) is 122 cm³/mol. The molecule has 9 nitrogen and oxygen atoms in total. The van der Waals surface area contributed by atoms with E-state index in [1.54, 1.807) is 17.5 Å². The maximum Gasteiger partial charge on any atom is 0.286 e. The van der Waals surface area contributed by atoms with E-state index in [0.717, 1.165) is 10.2 Å². The molecular formula is C21H16N4O5S2. The van der Waals surface area contributed by atoms with E-state index in [1.165, 1.54) is 23.5 Å². The average Bonchev–Trinajstić information content (AvgIpc) is 3.27. The third-order valence-corrected chi connectivity index (χ3v) is 7.20. The second-order valence-corrected chi connectivity index (χ2v) is 9.49. The van der Waals surface area contributed by atoms with Gasteiger partial charge in [0.05, 0.1) is 15.9 Å². The van der Waals surface area contributed by atoms with Crippen LogP contribution >= 0.6 is 11.3 Å². The number of hydrogen-bond acceptors (Lipinski definition) is 8. The monoisotopic (exact) mass is 468 g/mol. The van der Waals surface area contributed by atoms with Gasteiger partial charge in [-0.2, -0.15) is 8.42 Å². The summed E-state index contributed by atoms with van der Waals surface area (Å²) in [6, 6.07) is 15.5. The second-order valence-electron chi connectivity index (χ2n) is 7.01. The van der Waals surface area contributed by atoms with E-state index in [4.69, 9.17) is 10.6 Å². The van der Waals surface area contributed by atoms with Crippen molar-refractivity contribution in [1.29, 1.82) is 0 Å². The third kappa shape index (κ3) is 3.27. The largest absolute Gasteiger partial charge is 0.505 e. The molecule has 0 unspecified atom stereocenters. The van der Waals surface area contributed by atoms with Crippen molar-refractivity contribution in [3.63, 3.8) is 0 Å². The van der Waals surface area contributed by atoms with Crippen LogP contribution < -0.4 is 21.5 Å². The summed E-state index contributed by atoms with van der Waals surface area (Å²) in [6.45, 7) is 0.270. The zero-order chi connectivity index (χ0) is 22.5. The lowest BCUT2D eigenvalue weighted by atomic mass is 10.2. The van der Waals surface area contributed by atoms with Gasteiger partial charge in [-0.05, 0) is 29.1 Å². The lowest BCUT2D eigenvalue weighted by molar-refractivity contribution is 0.305. The van der Waals surface area contributed by atoms with Gasteiger partial charge in [0.1, 0.15) is 22.8 Å². The number of ether oxygens (including phenoxy) is 1. The molecule has 1 aliphatic heterocycles. The molecule has 3 heterocycles. The van der Waals surface area contributed by atoms with Crippen molar-refractivity contribution in [2.45, 2.75) is 11.5 Å². The average molecular weight is 469 g/mol. The zero-order valence-electron chi connectivity index (χ0n) is 16.3. The lowest BCUT2D eigenvalue weighted by Crippen LogP contribution is -2.35. The number of fused-ring (bicyclic) bond motifs is 2. The van der Waals surface area contributed by atoms with Gasteiger partial charge in [0.2, 0.25) is 0 Å². The van der Waals surface area contributed by atoms with Gasteiger partial charge in [0.15, 0.2) is 11.6 Å². The number of aromatic nitrogens is 1. The minimum absolute atomic E-state index is 0.100. The number of thiophene rings is 1. The normalized spacial score (nSPS) is 14.4. The number of nitrogens with two attached hydrogens (primary N) is 1. The highest BCUT2D eigenvalue weighted by Gasteiger charge is 2.30. The van der Waals surface area contributed by atoms with Crippen molar-refractivity contribution >= 4 is 43.1 Å². The van der Waals surface area contributed by atoms with Gasteiger partial charge in [0, 0.05) is 6.07 Å². The molecule has 0 bridgehead atoms. The molecule has 4 N–H and O–H groups in total. The van der Waals surface area contributed by atoms with Crippen molar-refractivity contribution < 1.29 is 18.3 Å². The van der Waals surface area contributed by atoms with Gasteiger partial charge in [-0.1, -0.05) is 30.3 Å². The van der Waals surface area contributed by atoms with Crippen LogP contribution in [-0.4, -0.2) is 24.0 Å². The fraction of sp³-hybridized carbons (Fsp3) is 0.0476. The van der Waals surface area contributed by atoms with Crippen LogP contribution in [-0.2, 0) is 16.6 Å². The van der Waals surface area contributed by atoms with Crippen LogP contribution in [0.15, 0.2) is 74.1 Å². The summed E-state index contributed by atoms with van der Waals surface area (Å²) < 4.78 is 36.5. The molecule has 4 aromatic rings. The molecule has 1 aliphatic rings. The summed E-state index contributed by atoms with van der Waals surface area (Å²) in [5.74, 6) is 5.53. The van der Waals surface area contributed by atoms with E-state index in [-0.39, 0.29) is 34.3 Å². The van der Waals surface area contributed by atoms with Crippen molar-refractivity contribution in [2.75, 3.05) is 11.2 Å².